The molecular weight excluding hydrogens is 352 g/mol. The Kier molecular flexibility index (Phi) is 5.25. The fourth-order valence-corrected chi connectivity index (χ4v) is 4.22. The summed E-state index contributed by atoms with van der Waals surface area (Å²) in [6, 6.07) is 2.77. The van der Waals surface area contributed by atoms with Crippen molar-refractivity contribution in [2.45, 2.75) is 44.6 Å². The second-order valence-corrected chi connectivity index (χ2v) is 7.37. The predicted molar refractivity (Wildman–Crippen MR) is 86.5 cm³/mol. The lowest BCUT2D eigenvalue weighted by atomic mass is 9.77. The third-order valence-corrected chi connectivity index (χ3v) is 5.35. The molecule has 1 saturated carbocycles. The maximum atomic E-state index is 13.7. The Morgan fingerprint density at radius 1 is 1.27 bits per heavy atom. The molecule has 2 fully saturated rings. The molecule has 26 heavy (non-hydrogen) atoms. The number of likely N-dealkylation sites (tertiary alicyclic amines) is 1. The third kappa shape index (κ3) is 4.17. The summed E-state index contributed by atoms with van der Waals surface area (Å²) in [6.45, 7) is 3.20. The summed E-state index contributed by atoms with van der Waals surface area (Å²) >= 11 is 0. The average Bonchev–Trinajstić information content (AvgIpc) is 2.86. The van der Waals surface area contributed by atoms with Crippen molar-refractivity contribution in [2.24, 2.45) is 11.8 Å². The molecule has 2 aliphatic rings. The first-order chi connectivity index (χ1) is 12.1. The normalized spacial score (nSPS) is 29.5. The fourth-order valence-electron chi connectivity index (χ4n) is 4.22. The Morgan fingerprint density at radius 3 is 2.50 bits per heavy atom. The molecule has 3 rings (SSSR count). The summed E-state index contributed by atoms with van der Waals surface area (Å²) in [6.07, 6.45) is -4.04. The summed E-state index contributed by atoms with van der Waals surface area (Å²) in [5.74, 6) is -0.862. The van der Waals surface area contributed by atoms with Crippen molar-refractivity contribution >= 4 is 5.91 Å². The van der Waals surface area contributed by atoms with Gasteiger partial charge in [0.25, 0.3) is 0 Å². The number of amides is 1. The quantitative estimate of drug-likeness (QED) is 0.800. The topological polar surface area (TPSA) is 52.6 Å². The lowest BCUT2D eigenvalue weighted by Crippen LogP contribution is -2.48. The number of nitrogens with one attached hydrogen (secondary N) is 1. The van der Waals surface area contributed by atoms with Crippen LogP contribution in [0.2, 0.25) is 0 Å². The lowest BCUT2D eigenvalue weighted by Gasteiger charge is -2.35. The molecule has 0 aromatic heterocycles. The number of carbonyl (C=O) groups is 1. The summed E-state index contributed by atoms with van der Waals surface area (Å²) in [4.78, 5) is 13.3. The van der Waals surface area contributed by atoms with Gasteiger partial charge in [0.2, 0.25) is 5.91 Å². The zero-order valence-corrected chi connectivity index (χ0v) is 14.4. The van der Waals surface area contributed by atoms with E-state index >= 15 is 0 Å². The van der Waals surface area contributed by atoms with Gasteiger partial charge < -0.3 is 10.4 Å². The van der Waals surface area contributed by atoms with Gasteiger partial charge in [-0.25, -0.2) is 4.39 Å². The maximum absolute atomic E-state index is 13.7. The van der Waals surface area contributed by atoms with E-state index in [1.165, 1.54) is 13.0 Å². The number of halogens is 4. The van der Waals surface area contributed by atoms with Crippen LogP contribution in [0.15, 0.2) is 18.2 Å². The summed E-state index contributed by atoms with van der Waals surface area (Å²) < 4.78 is 51.7. The van der Waals surface area contributed by atoms with Crippen LogP contribution >= 0.6 is 0 Å². The van der Waals surface area contributed by atoms with Crippen molar-refractivity contribution in [3.05, 3.63) is 35.1 Å². The first kappa shape index (κ1) is 19.1. The van der Waals surface area contributed by atoms with Crippen LogP contribution in [-0.4, -0.2) is 41.1 Å². The predicted octanol–water partition coefficient (Wildman–Crippen LogP) is 2.55. The summed E-state index contributed by atoms with van der Waals surface area (Å²) in [5, 5.41) is 13.0. The van der Waals surface area contributed by atoms with E-state index in [9.17, 15) is 27.5 Å². The Labute approximate surface area is 149 Å². The van der Waals surface area contributed by atoms with Gasteiger partial charge in [0.05, 0.1) is 17.7 Å². The Balaban J connectivity index is 1.63. The number of nitrogens with zero attached hydrogens (tertiary/aromatic N) is 1. The number of alkyl halides is 3. The van der Waals surface area contributed by atoms with Gasteiger partial charge in [-0.15, -0.1) is 0 Å². The first-order valence-corrected chi connectivity index (χ1v) is 8.66. The number of aliphatic hydroxyl groups is 1. The number of hydrogen-bond donors (Lipinski definition) is 2. The van der Waals surface area contributed by atoms with E-state index in [4.69, 9.17) is 0 Å². The minimum Gasteiger partial charge on any atom is -0.391 e. The summed E-state index contributed by atoms with van der Waals surface area (Å²) in [7, 11) is 0. The second kappa shape index (κ2) is 7.15. The minimum absolute atomic E-state index is 0.178. The number of fused-ring (bicyclic) bond motifs is 1. The van der Waals surface area contributed by atoms with Crippen molar-refractivity contribution in [3.63, 3.8) is 0 Å². The van der Waals surface area contributed by atoms with Gasteiger partial charge in [-0.3, -0.25) is 9.69 Å². The van der Waals surface area contributed by atoms with Gasteiger partial charge in [-0.05, 0) is 42.4 Å². The molecule has 2 N–H and O–H groups in total. The molecule has 1 aliphatic heterocycles. The molecule has 0 unspecified atom stereocenters. The molecule has 0 spiro atoms. The number of rotatable bonds is 3. The van der Waals surface area contributed by atoms with Crippen molar-refractivity contribution in [1.29, 1.82) is 0 Å². The number of hydrogen-bond acceptors (Lipinski definition) is 3. The lowest BCUT2D eigenvalue weighted by molar-refractivity contribution is -0.140. The first-order valence-electron chi connectivity index (χ1n) is 8.66. The molecule has 1 aliphatic carbocycles. The van der Waals surface area contributed by atoms with Gasteiger partial charge >= 0.3 is 6.18 Å². The molecule has 1 aromatic carbocycles. The van der Waals surface area contributed by atoms with Crippen LogP contribution in [0.3, 0.4) is 0 Å². The second-order valence-electron chi connectivity index (χ2n) is 7.37. The van der Waals surface area contributed by atoms with E-state index in [2.05, 4.69) is 10.2 Å². The molecule has 1 heterocycles. The van der Waals surface area contributed by atoms with Crippen LogP contribution in [0.1, 0.15) is 30.9 Å². The van der Waals surface area contributed by atoms with E-state index in [1.807, 2.05) is 0 Å². The van der Waals surface area contributed by atoms with E-state index in [0.29, 0.717) is 37.4 Å². The van der Waals surface area contributed by atoms with Crippen molar-refractivity contribution in [3.8, 4) is 0 Å². The van der Waals surface area contributed by atoms with Crippen LogP contribution in [0.4, 0.5) is 17.6 Å². The molecule has 4 nitrogen and oxygen atoms in total. The van der Waals surface area contributed by atoms with Crippen LogP contribution in [0, 0.1) is 17.7 Å². The standard InChI is InChI=1S/C18H22F4N2O2/c1-10(25)23-16-5-12-8-24(9-13(12)6-17(16)26)7-11-2-3-14(15(19)4-11)18(20,21)22/h2-4,12-13,16-17,26H,5-9H2,1H3,(H,23,25)/t12-,13+,16-,17-/m1/s1. The monoisotopic (exact) mass is 374 g/mol. The largest absolute Gasteiger partial charge is 0.419 e. The van der Waals surface area contributed by atoms with Gasteiger partial charge in [0.1, 0.15) is 5.82 Å². The van der Waals surface area contributed by atoms with Gasteiger partial charge in [-0.1, -0.05) is 6.07 Å². The Hall–Kier alpha value is -1.67. The highest BCUT2D eigenvalue weighted by Gasteiger charge is 2.42. The van der Waals surface area contributed by atoms with E-state index in [0.717, 1.165) is 18.7 Å². The van der Waals surface area contributed by atoms with Gasteiger partial charge in [0.15, 0.2) is 0 Å². The van der Waals surface area contributed by atoms with E-state index < -0.39 is 23.7 Å². The highest BCUT2D eigenvalue weighted by atomic mass is 19.4. The molecule has 1 saturated heterocycles. The number of carbonyl (C=O) groups excluding carboxylic acids is 1. The highest BCUT2D eigenvalue weighted by molar-refractivity contribution is 5.73. The zero-order valence-electron chi connectivity index (χ0n) is 14.4. The zero-order chi connectivity index (χ0) is 19.1. The average molecular weight is 374 g/mol. The number of benzene rings is 1. The maximum Gasteiger partial charge on any atom is 0.419 e. The van der Waals surface area contributed by atoms with E-state index in [-0.39, 0.29) is 17.9 Å². The van der Waals surface area contributed by atoms with E-state index in [1.54, 1.807) is 0 Å². The molecule has 8 heteroatoms. The molecule has 144 valence electrons. The number of aliphatic hydroxyl groups excluding tert-OH is 1. The third-order valence-electron chi connectivity index (χ3n) is 5.35. The molecular formula is C18H22F4N2O2. The van der Waals surface area contributed by atoms with Crippen LogP contribution in [-0.2, 0) is 17.5 Å². The molecule has 1 amide bonds. The van der Waals surface area contributed by atoms with Crippen molar-refractivity contribution in [1.82, 2.24) is 10.2 Å². The molecule has 4 atom stereocenters. The van der Waals surface area contributed by atoms with Crippen LogP contribution in [0.25, 0.3) is 0 Å². The highest BCUT2D eigenvalue weighted by Crippen LogP contribution is 2.37. The summed E-state index contributed by atoms with van der Waals surface area (Å²) in [5.41, 5.74) is -0.759. The molecule has 0 bridgehead atoms. The van der Waals surface area contributed by atoms with Crippen LogP contribution in [0.5, 0.6) is 0 Å². The minimum atomic E-state index is -4.69. The van der Waals surface area contributed by atoms with Gasteiger partial charge in [-0.2, -0.15) is 13.2 Å². The molecule has 0 radical (unpaired) electrons. The van der Waals surface area contributed by atoms with Crippen LogP contribution < -0.4 is 5.32 Å². The van der Waals surface area contributed by atoms with Crippen molar-refractivity contribution < 1.29 is 27.5 Å². The molecule has 1 aromatic rings. The van der Waals surface area contributed by atoms with Crippen molar-refractivity contribution in [2.75, 3.05) is 13.1 Å². The fraction of sp³-hybridized carbons (Fsp3) is 0.611. The Bertz CT molecular complexity index is 680. The Morgan fingerprint density at radius 2 is 1.92 bits per heavy atom. The SMILES string of the molecule is CC(=O)N[C@@H]1C[C@@H]2CN(Cc3ccc(C(F)(F)F)c(F)c3)C[C@@H]2C[C@H]1O. The smallest absolute Gasteiger partial charge is 0.391 e. The van der Waals surface area contributed by atoms with Gasteiger partial charge in [0, 0.05) is 26.6 Å².